The van der Waals surface area contributed by atoms with Crippen molar-refractivity contribution in [3.8, 4) is 0 Å². The van der Waals surface area contributed by atoms with Gasteiger partial charge in [0.1, 0.15) is 0 Å². The molecule has 0 saturated heterocycles. The van der Waals surface area contributed by atoms with E-state index in [9.17, 15) is 4.79 Å². The molecule has 1 atom stereocenters. The fourth-order valence-electron chi connectivity index (χ4n) is 1.59. The number of carbonyl (C=O) groups excluding carboxylic acids is 1. The predicted octanol–water partition coefficient (Wildman–Crippen LogP) is 0.909. The Labute approximate surface area is 108 Å². The summed E-state index contributed by atoms with van der Waals surface area (Å²) >= 11 is 0. The van der Waals surface area contributed by atoms with Crippen molar-refractivity contribution in [2.75, 3.05) is 13.2 Å². The van der Waals surface area contributed by atoms with Gasteiger partial charge >= 0.3 is 0 Å². The number of hydrogen-bond donors (Lipinski definition) is 3. The molecule has 4 heteroatoms. The Morgan fingerprint density at radius 3 is 2.50 bits per heavy atom. The fraction of sp³-hybridized carbons (Fsp3) is 0.500. The van der Waals surface area contributed by atoms with E-state index in [1.165, 1.54) is 0 Å². The van der Waals surface area contributed by atoms with Gasteiger partial charge in [-0.3, -0.25) is 4.79 Å². The van der Waals surface area contributed by atoms with Crippen LogP contribution in [-0.2, 0) is 11.3 Å². The molecular formula is C14H22N2O2. The molecule has 0 heterocycles. The Kier molecular flexibility index (Phi) is 6.39. The standard InChI is InChI=1S/C14H22N2O2/c1-11(2)13(10-17)15-9-14(18)16-8-12-6-4-3-5-7-12/h3-7,11,13,15,17H,8-10H2,1-2H3,(H,16,18). The number of benzene rings is 1. The molecule has 0 radical (unpaired) electrons. The minimum atomic E-state index is -0.0575. The van der Waals surface area contributed by atoms with Crippen molar-refractivity contribution in [1.82, 2.24) is 10.6 Å². The average Bonchev–Trinajstić information content (AvgIpc) is 2.38. The van der Waals surface area contributed by atoms with Crippen molar-refractivity contribution in [2.45, 2.75) is 26.4 Å². The Morgan fingerprint density at radius 1 is 1.28 bits per heavy atom. The van der Waals surface area contributed by atoms with Crippen molar-refractivity contribution in [1.29, 1.82) is 0 Å². The zero-order valence-electron chi connectivity index (χ0n) is 11.0. The lowest BCUT2D eigenvalue weighted by atomic mass is 10.1. The van der Waals surface area contributed by atoms with E-state index < -0.39 is 0 Å². The van der Waals surface area contributed by atoms with Crippen LogP contribution in [0.2, 0.25) is 0 Å². The summed E-state index contributed by atoms with van der Waals surface area (Å²) < 4.78 is 0. The van der Waals surface area contributed by atoms with E-state index in [4.69, 9.17) is 5.11 Å². The zero-order valence-corrected chi connectivity index (χ0v) is 11.0. The molecule has 0 saturated carbocycles. The average molecular weight is 250 g/mol. The van der Waals surface area contributed by atoms with Crippen LogP contribution in [0.1, 0.15) is 19.4 Å². The lowest BCUT2D eigenvalue weighted by molar-refractivity contribution is -0.120. The molecule has 0 aliphatic carbocycles. The summed E-state index contributed by atoms with van der Waals surface area (Å²) in [6.07, 6.45) is 0. The van der Waals surface area contributed by atoms with Crippen LogP contribution in [0.15, 0.2) is 30.3 Å². The molecule has 4 nitrogen and oxygen atoms in total. The predicted molar refractivity (Wildman–Crippen MR) is 72.0 cm³/mol. The van der Waals surface area contributed by atoms with Crippen LogP contribution >= 0.6 is 0 Å². The molecule has 0 aliphatic rings. The monoisotopic (exact) mass is 250 g/mol. The van der Waals surface area contributed by atoms with Crippen molar-refractivity contribution in [3.63, 3.8) is 0 Å². The zero-order chi connectivity index (χ0) is 13.4. The van der Waals surface area contributed by atoms with Gasteiger partial charge in [-0.15, -0.1) is 0 Å². The van der Waals surface area contributed by atoms with E-state index in [-0.39, 0.29) is 25.1 Å². The van der Waals surface area contributed by atoms with Crippen molar-refractivity contribution >= 4 is 5.91 Å². The number of amides is 1. The maximum absolute atomic E-state index is 11.6. The first kappa shape index (κ1) is 14.7. The molecule has 0 fully saturated rings. The van der Waals surface area contributed by atoms with Gasteiger partial charge in [-0.1, -0.05) is 44.2 Å². The van der Waals surface area contributed by atoms with Crippen molar-refractivity contribution < 1.29 is 9.90 Å². The van der Waals surface area contributed by atoms with Gasteiger partial charge in [0, 0.05) is 12.6 Å². The molecule has 1 rings (SSSR count). The first-order chi connectivity index (χ1) is 8.63. The second-order valence-corrected chi connectivity index (χ2v) is 4.68. The fourth-order valence-corrected chi connectivity index (χ4v) is 1.59. The minimum Gasteiger partial charge on any atom is -0.395 e. The van der Waals surface area contributed by atoms with E-state index in [2.05, 4.69) is 10.6 Å². The SMILES string of the molecule is CC(C)C(CO)NCC(=O)NCc1ccccc1. The molecule has 0 spiro atoms. The highest BCUT2D eigenvalue weighted by atomic mass is 16.3. The Balaban J connectivity index is 2.26. The van der Waals surface area contributed by atoms with Crippen molar-refractivity contribution in [2.24, 2.45) is 5.92 Å². The van der Waals surface area contributed by atoms with Crippen LogP contribution in [0.4, 0.5) is 0 Å². The molecule has 1 aromatic carbocycles. The van der Waals surface area contributed by atoms with Crippen LogP contribution in [0.3, 0.4) is 0 Å². The number of aliphatic hydroxyl groups is 1. The van der Waals surface area contributed by atoms with E-state index in [1.807, 2.05) is 44.2 Å². The van der Waals surface area contributed by atoms with Gasteiger partial charge in [0.2, 0.25) is 5.91 Å². The highest BCUT2D eigenvalue weighted by molar-refractivity contribution is 5.78. The lowest BCUT2D eigenvalue weighted by Crippen LogP contribution is -2.43. The first-order valence-corrected chi connectivity index (χ1v) is 6.28. The topological polar surface area (TPSA) is 61.4 Å². The van der Waals surface area contributed by atoms with Gasteiger partial charge in [0.05, 0.1) is 13.2 Å². The Bertz CT molecular complexity index is 352. The van der Waals surface area contributed by atoms with Gasteiger partial charge in [-0.05, 0) is 11.5 Å². The number of aliphatic hydroxyl groups excluding tert-OH is 1. The number of carbonyl (C=O) groups is 1. The molecular weight excluding hydrogens is 228 g/mol. The highest BCUT2D eigenvalue weighted by Gasteiger charge is 2.12. The second-order valence-electron chi connectivity index (χ2n) is 4.68. The third-order valence-electron chi connectivity index (χ3n) is 2.86. The maximum atomic E-state index is 11.6. The number of rotatable bonds is 7. The normalized spacial score (nSPS) is 12.4. The Morgan fingerprint density at radius 2 is 1.94 bits per heavy atom. The summed E-state index contributed by atoms with van der Waals surface area (Å²) in [4.78, 5) is 11.6. The third kappa shape index (κ3) is 5.29. The summed E-state index contributed by atoms with van der Waals surface area (Å²) in [5.41, 5.74) is 1.08. The highest BCUT2D eigenvalue weighted by Crippen LogP contribution is 2.00. The third-order valence-corrected chi connectivity index (χ3v) is 2.86. The van der Waals surface area contributed by atoms with E-state index in [0.717, 1.165) is 5.56 Å². The lowest BCUT2D eigenvalue weighted by Gasteiger charge is -2.19. The summed E-state index contributed by atoms with van der Waals surface area (Å²) in [6.45, 7) is 4.83. The molecule has 1 amide bonds. The second kappa shape index (κ2) is 7.84. The largest absolute Gasteiger partial charge is 0.395 e. The molecule has 100 valence electrons. The Hall–Kier alpha value is -1.39. The van der Waals surface area contributed by atoms with Gasteiger partial charge in [-0.2, -0.15) is 0 Å². The van der Waals surface area contributed by atoms with E-state index >= 15 is 0 Å². The molecule has 0 aromatic heterocycles. The van der Waals surface area contributed by atoms with Crippen LogP contribution in [0.25, 0.3) is 0 Å². The minimum absolute atomic E-state index is 0.0347. The maximum Gasteiger partial charge on any atom is 0.234 e. The number of nitrogens with one attached hydrogen (secondary N) is 2. The summed E-state index contributed by atoms with van der Waals surface area (Å²) in [6, 6.07) is 9.74. The van der Waals surface area contributed by atoms with Crippen LogP contribution in [-0.4, -0.2) is 30.2 Å². The molecule has 1 aromatic rings. The molecule has 1 unspecified atom stereocenters. The summed E-state index contributed by atoms with van der Waals surface area (Å²) in [7, 11) is 0. The van der Waals surface area contributed by atoms with E-state index in [1.54, 1.807) is 0 Å². The summed E-state index contributed by atoms with van der Waals surface area (Å²) in [5.74, 6) is 0.245. The van der Waals surface area contributed by atoms with Gasteiger partial charge < -0.3 is 15.7 Å². The first-order valence-electron chi connectivity index (χ1n) is 6.28. The summed E-state index contributed by atoms with van der Waals surface area (Å²) in [5, 5.41) is 15.0. The van der Waals surface area contributed by atoms with Crippen LogP contribution < -0.4 is 10.6 Å². The van der Waals surface area contributed by atoms with Crippen molar-refractivity contribution in [3.05, 3.63) is 35.9 Å². The van der Waals surface area contributed by atoms with Crippen LogP contribution in [0, 0.1) is 5.92 Å². The van der Waals surface area contributed by atoms with Gasteiger partial charge in [0.25, 0.3) is 0 Å². The van der Waals surface area contributed by atoms with Gasteiger partial charge in [0.15, 0.2) is 0 Å². The molecule has 0 aliphatic heterocycles. The smallest absolute Gasteiger partial charge is 0.234 e. The number of hydrogen-bond acceptors (Lipinski definition) is 3. The molecule has 0 bridgehead atoms. The van der Waals surface area contributed by atoms with Crippen LogP contribution in [0.5, 0.6) is 0 Å². The molecule has 3 N–H and O–H groups in total. The quantitative estimate of drug-likeness (QED) is 0.674. The van der Waals surface area contributed by atoms with E-state index in [0.29, 0.717) is 12.5 Å². The molecule has 18 heavy (non-hydrogen) atoms. The van der Waals surface area contributed by atoms with Gasteiger partial charge in [-0.25, -0.2) is 0 Å².